The maximum atomic E-state index is 13.3. The van der Waals surface area contributed by atoms with Gasteiger partial charge in [0.25, 0.3) is 0 Å². The number of carbonyl (C=O) groups excluding carboxylic acids is 3. The number of aliphatic imine (C=N–C) groups is 1. The van der Waals surface area contributed by atoms with Gasteiger partial charge in [0.1, 0.15) is 11.6 Å². The molecule has 1 rings (SSSR count). The zero-order valence-corrected chi connectivity index (χ0v) is 20.5. The van der Waals surface area contributed by atoms with Gasteiger partial charge in [0.05, 0.1) is 6.04 Å². The zero-order chi connectivity index (χ0) is 25.0. The SMILES string of the molecule is CCC(CC)(NC(=O)C(C)C)C(=O)N[C@@H](CCCN=C(N)N)C(=O)N[C@H](C)c1ccccc1. The summed E-state index contributed by atoms with van der Waals surface area (Å²) in [6, 6.07) is 8.53. The van der Waals surface area contributed by atoms with E-state index in [1.54, 1.807) is 13.8 Å². The Hall–Kier alpha value is -3.10. The van der Waals surface area contributed by atoms with E-state index in [1.165, 1.54) is 0 Å². The fraction of sp³-hybridized carbons (Fsp3) is 0.583. The van der Waals surface area contributed by atoms with Crippen LogP contribution in [-0.4, -0.2) is 41.8 Å². The average molecular weight is 461 g/mol. The summed E-state index contributed by atoms with van der Waals surface area (Å²) in [7, 11) is 0. The highest BCUT2D eigenvalue weighted by molar-refractivity contribution is 5.95. The second kappa shape index (κ2) is 13.4. The van der Waals surface area contributed by atoms with Crippen LogP contribution in [-0.2, 0) is 14.4 Å². The number of amides is 3. The summed E-state index contributed by atoms with van der Waals surface area (Å²) >= 11 is 0. The molecule has 9 heteroatoms. The first-order valence-corrected chi connectivity index (χ1v) is 11.6. The van der Waals surface area contributed by atoms with Gasteiger partial charge in [-0.15, -0.1) is 0 Å². The number of carbonyl (C=O) groups is 3. The van der Waals surface area contributed by atoms with Crippen molar-refractivity contribution in [2.24, 2.45) is 22.4 Å². The van der Waals surface area contributed by atoms with E-state index >= 15 is 0 Å². The van der Waals surface area contributed by atoms with Crippen molar-refractivity contribution >= 4 is 23.7 Å². The molecule has 2 atom stereocenters. The molecule has 0 aromatic heterocycles. The second-order valence-electron chi connectivity index (χ2n) is 8.55. The number of benzene rings is 1. The first kappa shape index (κ1) is 27.9. The first-order valence-electron chi connectivity index (χ1n) is 11.6. The highest BCUT2D eigenvalue weighted by Gasteiger charge is 2.38. The van der Waals surface area contributed by atoms with Gasteiger partial charge in [-0.3, -0.25) is 19.4 Å². The van der Waals surface area contributed by atoms with Gasteiger partial charge in [-0.2, -0.15) is 0 Å². The van der Waals surface area contributed by atoms with E-state index in [1.807, 2.05) is 51.1 Å². The Morgan fingerprint density at radius 1 is 0.970 bits per heavy atom. The Labute approximate surface area is 197 Å². The van der Waals surface area contributed by atoms with E-state index < -0.39 is 11.6 Å². The fourth-order valence-corrected chi connectivity index (χ4v) is 3.39. The molecule has 0 fully saturated rings. The molecule has 7 N–H and O–H groups in total. The average Bonchev–Trinajstić information content (AvgIpc) is 2.79. The van der Waals surface area contributed by atoms with Crippen molar-refractivity contribution in [3.05, 3.63) is 35.9 Å². The van der Waals surface area contributed by atoms with Crippen LogP contribution < -0.4 is 27.4 Å². The minimum Gasteiger partial charge on any atom is -0.370 e. The minimum absolute atomic E-state index is 0.0230. The zero-order valence-electron chi connectivity index (χ0n) is 20.5. The van der Waals surface area contributed by atoms with Crippen molar-refractivity contribution < 1.29 is 14.4 Å². The van der Waals surface area contributed by atoms with E-state index in [9.17, 15) is 14.4 Å². The standard InChI is InChI=1S/C24H40N6O3/c1-6-24(7-2,30-20(31)16(3)4)22(33)29-19(14-11-15-27-23(25)26)21(32)28-17(5)18-12-9-8-10-13-18/h8-10,12-13,16-17,19H,6-7,11,14-15H2,1-5H3,(H,28,32)(H,29,33)(H,30,31)(H4,25,26,27)/t17-,19+/m1/s1. The molecule has 184 valence electrons. The third-order valence-corrected chi connectivity index (χ3v) is 5.75. The number of rotatable bonds is 13. The van der Waals surface area contributed by atoms with Crippen LogP contribution in [0.5, 0.6) is 0 Å². The van der Waals surface area contributed by atoms with E-state index in [2.05, 4.69) is 20.9 Å². The predicted octanol–water partition coefficient (Wildman–Crippen LogP) is 1.73. The van der Waals surface area contributed by atoms with Gasteiger partial charge in [0.15, 0.2) is 5.96 Å². The maximum Gasteiger partial charge on any atom is 0.246 e. The summed E-state index contributed by atoms with van der Waals surface area (Å²) in [5.41, 5.74) is 10.6. The molecule has 0 saturated carbocycles. The molecular formula is C24H40N6O3. The largest absolute Gasteiger partial charge is 0.370 e. The fourth-order valence-electron chi connectivity index (χ4n) is 3.39. The highest BCUT2D eigenvalue weighted by atomic mass is 16.2. The number of nitrogens with one attached hydrogen (secondary N) is 3. The summed E-state index contributed by atoms with van der Waals surface area (Å²) in [6.45, 7) is 9.45. The number of guanidine groups is 1. The van der Waals surface area contributed by atoms with Crippen molar-refractivity contribution in [3.8, 4) is 0 Å². The molecule has 0 spiro atoms. The van der Waals surface area contributed by atoms with Crippen molar-refractivity contribution in [1.29, 1.82) is 0 Å². The molecule has 9 nitrogen and oxygen atoms in total. The van der Waals surface area contributed by atoms with Gasteiger partial charge >= 0.3 is 0 Å². The smallest absolute Gasteiger partial charge is 0.246 e. The van der Waals surface area contributed by atoms with Crippen LogP contribution in [0, 0.1) is 5.92 Å². The third kappa shape index (κ3) is 8.75. The molecule has 0 saturated heterocycles. The molecule has 0 aliphatic carbocycles. The summed E-state index contributed by atoms with van der Waals surface area (Å²) in [6.07, 6.45) is 1.64. The molecule has 0 aliphatic heterocycles. The Morgan fingerprint density at radius 2 is 1.58 bits per heavy atom. The van der Waals surface area contributed by atoms with Crippen LogP contribution in [0.4, 0.5) is 0 Å². The van der Waals surface area contributed by atoms with Gasteiger partial charge in [-0.1, -0.05) is 58.0 Å². The lowest BCUT2D eigenvalue weighted by Crippen LogP contribution is -2.62. The molecule has 1 aromatic carbocycles. The lowest BCUT2D eigenvalue weighted by molar-refractivity contribution is -0.137. The van der Waals surface area contributed by atoms with E-state index in [0.717, 1.165) is 5.56 Å². The van der Waals surface area contributed by atoms with E-state index in [-0.39, 0.29) is 35.6 Å². The maximum absolute atomic E-state index is 13.3. The van der Waals surface area contributed by atoms with Gasteiger partial charge in [0, 0.05) is 12.5 Å². The molecule has 0 radical (unpaired) electrons. The predicted molar refractivity (Wildman–Crippen MR) is 131 cm³/mol. The Morgan fingerprint density at radius 3 is 2.09 bits per heavy atom. The molecule has 3 amide bonds. The first-order chi connectivity index (χ1) is 15.6. The monoisotopic (exact) mass is 460 g/mol. The van der Waals surface area contributed by atoms with Crippen LogP contribution in [0.1, 0.15) is 71.9 Å². The molecule has 0 unspecified atom stereocenters. The molecule has 0 aliphatic rings. The summed E-state index contributed by atoms with van der Waals surface area (Å²) in [5, 5.41) is 8.73. The van der Waals surface area contributed by atoms with Crippen LogP contribution in [0.25, 0.3) is 0 Å². The van der Waals surface area contributed by atoms with Crippen molar-refractivity contribution in [1.82, 2.24) is 16.0 Å². The van der Waals surface area contributed by atoms with Crippen LogP contribution in [0.3, 0.4) is 0 Å². The highest BCUT2D eigenvalue weighted by Crippen LogP contribution is 2.18. The number of hydrogen-bond donors (Lipinski definition) is 5. The van der Waals surface area contributed by atoms with Crippen molar-refractivity contribution in [2.45, 2.75) is 77.9 Å². The van der Waals surface area contributed by atoms with Crippen molar-refractivity contribution in [2.75, 3.05) is 6.54 Å². The Kier molecular flexibility index (Phi) is 11.4. The Bertz CT molecular complexity index is 802. The third-order valence-electron chi connectivity index (χ3n) is 5.75. The van der Waals surface area contributed by atoms with Gasteiger partial charge in [0.2, 0.25) is 17.7 Å². The number of nitrogens with zero attached hydrogens (tertiary/aromatic N) is 1. The molecule has 0 bridgehead atoms. The quantitative estimate of drug-likeness (QED) is 0.172. The van der Waals surface area contributed by atoms with Crippen LogP contribution >= 0.6 is 0 Å². The second-order valence-corrected chi connectivity index (χ2v) is 8.55. The van der Waals surface area contributed by atoms with Crippen LogP contribution in [0.15, 0.2) is 35.3 Å². The minimum atomic E-state index is -1.09. The Balaban J connectivity index is 3.03. The van der Waals surface area contributed by atoms with Crippen molar-refractivity contribution in [3.63, 3.8) is 0 Å². The summed E-state index contributed by atoms with van der Waals surface area (Å²) < 4.78 is 0. The lowest BCUT2D eigenvalue weighted by Gasteiger charge is -2.34. The van der Waals surface area contributed by atoms with E-state index in [0.29, 0.717) is 32.2 Å². The topological polar surface area (TPSA) is 152 Å². The molecule has 33 heavy (non-hydrogen) atoms. The molecule has 0 heterocycles. The summed E-state index contributed by atoms with van der Waals surface area (Å²) in [4.78, 5) is 42.8. The van der Waals surface area contributed by atoms with Gasteiger partial charge < -0.3 is 27.4 Å². The number of nitrogens with two attached hydrogens (primary N) is 2. The summed E-state index contributed by atoms with van der Waals surface area (Å²) in [5.74, 6) is -1.18. The van der Waals surface area contributed by atoms with Crippen LogP contribution in [0.2, 0.25) is 0 Å². The van der Waals surface area contributed by atoms with Gasteiger partial charge in [-0.25, -0.2) is 0 Å². The molecule has 1 aromatic rings. The molecular weight excluding hydrogens is 420 g/mol. The normalized spacial score (nSPS) is 13.0. The van der Waals surface area contributed by atoms with E-state index in [4.69, 9.17) is 11.5 Å². The lowest BCUT2D eigenvalue weighted by atomic mass is 9.90. The van der Waals surface area contributed by atoms with Gasteiger partial charge in [-0.05, 0) is 38.2 Å². The number of hydrogen-bond acceptors (Lipinski definition) is 4.